The summed E-state index contributed by atoms with van der Waals surface area (Å²) in [6, 6.07) is 8.99. The number of amides is 1. The summed E-state index contributed by atoms with van der Waals surface area (Å²) >= 11 is 4.63. The largest absolute Gasteiger partial charge is 0.471 e. The number of thiocarbonyl (C=S) groups is 1. The van der Waals surface area contributed by atoms with Gasteiger partial charge in [0.15, 0.2) is 0 Å². The minimum atomic E-state index is -4.88. The molecule has 1 aromatic rings. The average Bonchev–Trinajstić information content (AvgIpc) is 2.38. The number of carbonyl (C=O) groups is 1. The van der Waals surface area contributed by atoms with E-state index in [4.69, 9.17) is 5.73 Å². The Morgan fingerprint density at radius 3 is 2.30 bits per heavy atom. The molecule has 0 radical (unpaired) electrons. The molecule has 0 saturated carbocycles. The number of alkyl halides is 3. The van der Waals surface area contributed by atoms with Gasteiger partial charge in [0.05, 0.1) is 4.99 Å². The summed E-state index contributed by atoms with van der Waals surface area (Å²) in [7, 11) is 0. The van der Waals surface area contributed by atoms with Gasteiger partial charge >= 0.3 is 12.1 Å². The van der Waals surface area contributed by atoms with Crippen molar-refractivity contribution in [2.24, 2.45) is 5.73 Å². The summed E-state index contributed by atoms with van der Waals surface area (Å²) in [6.45, 7) is -0.147. The van der Waals surface area contributed by atoms with Crippen molar-refractivity contribution in [3.63, 3.8) is 0 Å². The molecule has 20 heavy (non-hydrogen) atoms. The smallest absolute Gasteiger partial charge is 0.393 e. The SMILES string of the molecule is NC(=S)CCN(CCc1ccccc1)C(=O)C(F)(F)F. The number of hydrogen-bond donors (Lipinski definition) is 1. The highest BCUT2D eigenvalue weighted by Gasteiger charge is 2.42. The maximum Gasteiger partial charge on any atom is 0.471 e. The van der Waals surface area contributed by atoms with Gasteiger partial charge in [0.25, 0.3) is 0 Å². The van der Waals surface area contributed by atoms with Gasteiger partial charge in [0.2, 0.25) is 0 Å². The Morgan fingerprint density at radius 2 is 1.80 bits per heavy atom. The Hall–Kier alpha value is -1.63. The number of hydrogen-bond acceptors (Lipinski definition) is 2. The molecule has 1 amide bonds. The Bertz CT molecular complexity index is 462. The number of nitrogens with zero attached hydrogens (tertiary/aromatic N) is 1. The van der Waals surface area contributed by atoms with Crippen molar-refractivity contribution in [3.05, 3.63) is 35.9 Å². The first-order valence-corrected chi connectivity index (χ1v) is 6.40. The monoisotopic (exact) mass is 304 g/mol. The first-order chi connectivity index (χ1) is 9.30. The third-order valence-corrected chi connectivity index (χ3v) is 2.88. The molecule has 0 aliphatic heterocycles. The lowest BCUT2D eigenvalue weighted by atomic mass is 10.1. The van der Waals surface area contributed by atoms with Gasteiger partial charge in [-0.2, -0.15) is 13.2 Å². The highest BCUT2D eigenvalue weighted by atomic mass is 32.1. The van der Waals surface area contributed by atoms with Gasteiger partial charge in [-0.25, -0.2) is 0 Å². The van der Waals surface area contributed by atoms with Gasteiger partial charge in [-0.1, -0.05) is 42.5 Å². The standard InChI is InChI=1S/C13H15F3N2OS/c14-13(15,16)12(19)18(9-7-11(17)20)8-6-10-4-2-1-3-5-10/h1-5H,6-9H2,(H2,17,20). The van der Waals surface area contributed by atoms with E-state index in [9.17, 15) is 18.0 Å². The molecule has 0 bridgehead atoms. The second kappa shape index (κ2) is 7.23. The van der Waals surface area contributed by atoms with E-state index >= 15 is 0 Å². The third kappa shape index (κ3) is 5.56. The topological polar surface area (TPSA) is 46.3 Å². The third-order valence-electron chi connectivity index (χ3n) is 2.67. The summed E-state index contributed by atoms with van der Waals surface area (Å²) in [5.74, 6) is -1.86. The molecule has 1 aromatic carbocycles. The van der Waals surface area contributed by atoms with Crippen molar-refractivity contribution in [2.75, 3.05) is 13.1 Å². The lowest BCUT2D eigenvalue weighted by Gasteiger charge is -2.23. The molecular formula is C13H15F3N2OS. The van der Waals surface area contributed by atoms with E-state index in [2.05, 4.69) is 12.2 Å². The Labute approximate surface area is 120 Å². The summed E-state index contributed by atoms with van der Waals surface area (Å²) in [6.07, 6.45) is -4.46. The zero-order chi connectivity index (χ0) is 15.2. The molecule has 7 heteroatoms. The molecule has 0 aromatic heterocycles. The predicted octanol–water partition coefficient (Wildman–Crippen LogP) is 2.30. The highest BCUT2D eigenvalue weighted by Crippen LogP contribution is 2.19. The number of benzene rings is 1. The highest BCUT2D eigenvalue weighted by molar-refractivity contribution is 7.80. The van der Waals surface area contributed by atoms with Gasteiger partial charge in [0, 0.05) is 19.5 Å². The fourth-order valence-electron chi connectivity index (χ4n) is 1.65. The van der Waals surface area contributed by atoms with Crippen molar-refractivity contribution in [3.8, 4) is 0 Å². The van der Waals surface area contributed by atoms with E-state index in [-0.39, 0.29) is 24.5 Å². The van der Waals surface area contributed by atoms with Crippen molar-refractivity contribution in [2.45, 2.75) is 19.0 Å². The molecule has 1 rings (SSSR count). The molecule has 0 aliphatic carbocycles. The van der Waals surface area contributed by atoms with Crippen LogP contribution in [0.1, 0.15) is 12.0 Å². The molecule has 0 fully saturated rings. The summed E-state index contributed by atoms with van der Waals surface area (Å²) in [5.41, 5.74) is 6.13. The van der Waals surface area contributed by atoms with Crippen LogP contribution < -0.4 is 5.73 Å². The molecule has 0 heterocycles. The lowest BCUT2D eigenvalue weighted by Crippen LogP contribution is -2.43. The summed E-state index contributed by atoms with van der Waals surface area (Å²) in [4.78, 5) is 12.1. The number of halogens is 3. The van der Waals surface area contributed by atoms with E-state index in [1.807, 2.05) is 6.07 Å². The van der Waals surface area contributed by atoms with Gasteiger partial charge in [-0.05, 0) is 12.0 Å². The quantitative estimate of drug-likeness (QED) is 0.820. The molecule has 0 saturated heterocycles. The van der Waals surface area contributed by atoms with E-state index < -0.39 is 12.1 Å². The Kier molecular flexibility index (Phi) is 5.94. The molecule has 0 aliphatic rings. The molecule has 0 spiro atoms. The van der Waals surface area contributed by atoms with Gasteiger partial charge in [0.1, 0.15) is 0 Å². The second-order valence-corrected chi connectivity index (χ2v) is 4.77. The van der Waals surface area contributed by atoms with Crippen LogP contribution in [-0.2, 0) is 11.2 Å². The fourth-order valence-corrected chi connectivity index (χ4v) is 1.74. The number of nitrogens with two attached hydrogens (primary N) is 1. The van der Waals surface area contributed by atoms with Crippen molar-refractivity contribution in [1.82, 2.24) is 4.90 Å². The van der Waals surface area contributed by atoms with Crippen LogP contribution in [0.3, 0.4) is 0 Å². The predicted molar refractivity (Wildman–Crippen MR) is 74.2 cm³/mol. The molecule has 110 valence electrons. The lowest BCUT2D eigenvalue weighted by molar-refractivity contribution is -0.185. The first-order valence-electron chi connectivity index (χ1n) is 5.99. The van der Waals surface area contributed by atoms with Crippen LogP contribution in [0.25, 0.3) is 0 Å². The Morgan fingerprint density at radius 1 is 1.20 bits per heavy atom. The maximum atomic E-state index is 12.5. The first kappa shape index (κ1) is 16.4. The fraction of sp³-hybridized carbons (Fsp3) is 0.385. The van der Waals surface area contributed by atoms with Crippen LogP contribution >= 0.6 is 12.2 Å². The van der Waals surface area contributed by atoms with Gasteiger partial charge in [-0.3, -0.25) is 4.79 Å². The normalized spacial score (nSPS) is 11.2. The average molecular weight is 304 g/mol. The molecule has 3 nitrogen and oxygen atoms in total. The van der Waals surface area contributed by atoms with E-state index in [1.54, 1.807) is 24.3 Å². The van der Waals surface area contributed by atoms with Crippen LogP contribution in [0.4, 0.5) is 13.2 Å². The van der Waals surface area contributed by atoms with Crippen molar-refractivity contribution < 1.29 is 18.0 Å². The molecule has 0 unspecified atom stereocenters. The van der Waals surface area contributed by atoms with E-state index in [1.165, 1.54) is 0 Å². The number of carbonyl (C=O) groups excluding carboxylic acids is 1. The van der Waals surface area contributed by atoms with Crippen molar-refractivity contribution in [1.29, 1.82) is 0 Å². The van der Waals surface area contributed by atoms with Gasteiger partial charge < -0.3 is 10.6 Å². The zero-order valence-electron chi connectivity index (χ0n) is 10.7. The zero-order valence-corrected chi connectivity index (χ0v) is 11.5. The van der Waals surface area contributed by atoms with Crippen LogP contribution in [-0.4, -0.2) is 35.1 Å². The van der Waals surface area contributed by atoms with Crippen molar-refractivity contribution >= 4 is 23.1 Å². The minimum absolute atomic E-state index is 0.0228. The van der Waals surface area contributed by atoms with Crippen LogP contribution in [0.15, 0.2) is 30.3 Å². The molecular weight excluding hydrogens is 289 g/mol. The Balaban J connectivity index is 2.67. The maximum absolute atomic E-state index is 12.5. The van der Waals surface area contributed by atoms with Gasteiger partial charge in [-0.15, -0.1) is 0 Å². The molecule has 2 N–H and O–H groups in total. The van der Waals surface area contributed by atoms with Crippen LogP contribution in [0.2, 0.25) is 0 Å². The summed E-state index contributed by atoms with van der Waals surface area (Å²) in [5, 5.41) is 0. The van der Waals surface area contributed by atoms with Crippen LogP contribution in [0, 0.1) is 0 Å². The second-order valence-electron chi connectivity index (χ2n) is 4.24. The van der Waals surface area contributed by atoms with E-state index in [0.29, 0.717) is 6.42 Å². The molecule has 0 atom stereocenters. The number of rotatable bonds is 6. The summed E-state index contributed by atoms with van der Waals surface area (Å²) < 4.78 is 37.5. The van der Waals surface area contributed by atoms with Crippen LogP contribution in [0.5, 0.6) is 0 Å². The minimum Gasteiger partial charge on any atom is -0.393 e. The van der Waals surface area contributed by atoms with E-state index in [0.717, 1.165) is 10.5 Å².